The third-order valence-electron chi connectivity index (χ3n) is 3.08. The van der Waals surface area contributed by atoms with Crippen molar-refractivity contribution in [3.05, 3.63) is 41.5 Å². The highest BCUT2D eigenvalue weighted by atomic mass is 32.2. The van der Waals surface area contributed by atoms with E-state index in [0.717, 1.165) is 19.3 Å². The van der Waals surface area contributed by atoms with Gasteiger partial charge >= 0.3 is 5.22 Å². The van der Waals surface area contributed by atoms with Crippen molar-refractivity contribution in [2.45, 2.75) is 36.7 Å². The number of rotatable bonds is 8. The largest absolute Gasteiger partial charge is 0.413 e. The fourth-order valence-corrected chi connectivity index (χ4v) is 3.07. The van der Waals surface area contributed by atoms with E-state index in [1.54, 1.807) is 0 Å². The van der Waals surface area contributed by atoms with Crippen LogP contribution < -0.4 is 5.73 Å². The molecule has 0 aliphatic carbocycles. The summed E-state index contributed by atoms with van der Waals surface area (Å²) < 4.78 is 42.4. The Morgan fingerprint density at radius 3 is 2.50 bits per heavy atom. The van der Waals surface area contributed by atoms with Crippen LogP contribution in [0.15, 0.2) is 33.9 Å². The molecule has 22 heavy (non-hydrogen) atoms. The van der Waals surface area contributed by atoms with E-state index >= 15 is 0 Å². The molecule has 0 radical (unpaired) electrons. The smallest absolute Gasteiger partial charge is 0.335 e. The van der Waals surface area contributed by atoms with Gasteiger partial charge in [-0.2, -0.15) is 0 Å². The maximum absolute atomic E-state index is 12.8. The van der Waals surface area contributed by atoms with E-state index in [0.29, 0.717) is 24.4 Å². The van der Waals surface area contributed by atoms with Gasteiger partial charge in [-0.15, -0.1) is 5.10 Å². The van der Waals surface area contributed by atoms with E-state index in [4.69, 9.17) is 10.2 Å². The molecule has 2 aromatic rings. The zero-order valence-electron chi connectivity index (χ0n) is 12.0. The van der Waals surface area contributed by atoms with Crippen molar-refractivity contribution in [3.8, 4) is 0 Å². The van der Waals surface area contributed by atoms with Gasteiger partial charge in [0.1, 0.15) is 5.82 Å². The minimum Gasteiger partial charge on any atom is -0.413 e. The van der Waals surface area contributed by atoms with Crippen LogP contribution in [0.2, 0.25) is 0 Å². The molecule has 6 nitrogen and oxygen atoms in total. The predicted molar refractivity (Wildman–Crippen MR) is 78.2 cm³/mol. The monoisotopic (exact) mass is 327 g/mol. The van der Waals surface area contributed by atoms with Crippen LogP contribution in [0.25, 0.3) is 0 Å². The number of unbranched alkanes of at least 4 members (excludes halogenated alkanes) is 2. The maximum atomic E-state index is 12.8. The van der Waals surface area contributed by atoms with E-state index in [1.807, 2.05) is 0 Å². The Bertz CT molecular complexity index is 698. The van der Waals surface area contributed by atoms with Gasteiger partial charge < -0.3 is 10.2 Å². The highest BCUT2D eigenvalue weighted by molar-refractivity contribution is 7.90. The van der Waals surface area contributed by atoms with Gasteiger partial charge in [-0.25, -0.2) is 12.8 Å². The molecule has 0 spiro atoms. The first kappa shape index (κ1) is 16.6. The molecule has 2 rings (SSSR count). The Hall–Kier alpha value is -1.80. The lowest BCUT2D eigenvalue weighted by atomic mass is 10.2. The van der Waals surface area contributed by atoms with Crippen LogP contribution in [0.3, 0.4) is 0 Å². The second-order valence-electron chi connectivity index (χ2n) is 4.95. The summed E-state index contributed by atoms with van der Waals surface area (Å²) in [6.07, 6.45) is 3.18. The van der Waals surface area contributed by atoms with Crippen LogP contribution in [0.5, 0.6) is 0 Å². The van der Waals surface area contributed by atoms with Crippen LogP contribution in [0, 0.1) is 5.82 Å². The Morgan fingerprint density at radius 2 is 1.82 bits per heavy atom. The summed E-state index contributed by atoms with van der Waals surface area (Å²) in [5, 5.41) is 6.95. The first-order valence-corrected chi connectivity index (χ1v) is 8.66. The fourth-order valence-electron chi connectivity index (χ4n) is 1.92. The van der Waals surface area contributed by atoms with Crippen LogP contribution in [-0.4, -0.2) is 25.2 Å². The van der Waals surface area contributed by atoms with E-state index in [1.165, 1.54) is 24.3 Å². The van der Waals surface area contributed by atoms with Crippen molar-refractivity contribution in [2.75, 3.05) is 6.54 Å². The van der Waals surface area contributed by atoms with E-state index in [9.17, 15) is 12.8 Å². The highest BCUT2D eigenvalue weighted by Gasteiger charge is 2.23. The number of halogens is 1. The SMILES string of the molecule is NCCCCCc1nnc(S(=O)(=O)Cc2ccc(F)cc2)o1. The molecule has 2 N–H and O–H groups in total. The average molecular weight is 327 g/mol. The standard InChI is InChI=1S/C14H18FN3O3S/c15-12-7-5-11(6-8-12)10-22(19,20)14-18-17-13(21-14)4-2-1-3-9-16/h5-8H,1-4,9-10,16H2. The summed E-state index contributed by atoms with van der Waals surface area (Å²) in [4.78, 5) is 0. The Morgan fingerprint density at radius 1 is 1.09 bits per heavy atom. The molecule has 0 fully saturated rings. The molecule has 1 aromatic carbocycles. The molecule has 0 saturated heterocycles. The molecule has 120 valence electrons. The maximum Gasteiger partial charge on any atom is 0.335 e. The molecule has 0 bridgehead atoms. The van der Waals surface area contributed by atoms with Gasteiger partial charge in [0, 0.05) is 6.42 Å². The first-order valence-electron chi connectivity index (χ1n) is 7.01. The lowest BCUT2D eigenvalue weighted by molar-refractivity contribution is 0.391. The molecule has 0 unspecified atom stereocenters. The number of nitrogens with zero attached hydrogens (tertiary/aromatic N) is 2. The fraction of sp³-hybridized carbons (Fsp3) is 0.429. The molecule has 0 saturated carbocycles. The molecule has 0 aliphatic heterocycles. The summed E-state index contributed by atoms with van der Waals surface area (Å²) in [5.74, 6) is -0.421. The zero-order chi connectivity index (χ0) is 16.0. The minimum absolute atomic E-state index is 0.301. The van der Waals surface area contributed by atoms with Crippen molar-refractivity contribution in [3.63, 3.8) is 0 Å². The number of sulfone groups is 1. The molecule has 0 aliphatic rings. The van der Waals surface area contributed by atoms with Gasteiger partial charge in [-0.05, 0) is 37.1 Å². The minimum atomic E-state index is -3.72. The summed E-state index contributed by atoms with van der Waals surface area (Å²) in [6.45, 7) is 0.626. The van der Waals surface area contributed by atoms with E-state index < -0.39 is 20.9 Å². The van der Waals surface area contributed by atoms with Gasteiger partial charge in [0.25, 0.3) is 0 Å². The molecular formula is C14H18FN3O3S. The highest BCUT2D eigenvalue weighted by Crippen LogP contribution is 2.16. The summed E-state index contributed by atoms with van der Waals surface area (Å²) >= 11 is 0. The Balaban J connectivity index is 2.00. The number of nitrogens with two attached hydrogens (primary N) is 1. The van der Waals surface area contributed by atoms with Crippen LogP contribution in [0.1, 0.15) is 30.7 Å². The quantitative estimate of drug-likeness (QED) is 0.743. The topological polar surface area (TPSA) is 99.1 Å². The first-order chi connectivity index (χ1) is 10.5. The second-order valence-corrected chi connectivity index (χ2v) is 6.81. The third-order valence-corrected chi connectivity index (χ3v) is 4.49. The van der Waals surface area contributed by atoms with Crippen LogP contribution in [-0.2, 0) is 22.0 Å². The number of aromatic nitrogens is 2. The van der Waals surface area contributed by atoms with Crippen LogP contribution >= 0.6 is 0 Å². The van der Waals surface area contributed by atoms with Crippen molar-refractivity contribution < 1.29 is 17.2 Å². The second kappa shape index (κ2) is 7.46. The summed E-state index contributed by atoms with van der Waals surface area (Å²) in [5.41, 5.74) is 5.86. The van der Waals surface area contributed by atoms with Crippen molar-refractivity contribution in [2.24, 2.45) is 5.73 Å². The Kier molecular flexibility index (Phi) is 5.62. The molecule has 1 aromatic heterocycles. The van der Waals surface area contributed by atoms with Crippen molar-refractivity contribution in [1.82, 2.24) is 10.2 Å². The normalized spacial score (nSPS) is 11.7. The predicted octanol–water partition coefficient (Wildman–Crippen LogP) is 1.85. The van der Waals surface area contributed by atoms with Crippen molar-refractivity contribution >= 4 is 9.84 Å². The number of aryl methyl sites for hydroxylation is 1. The zero-order valence-corrected chi connectivity index (χ0v) is 12.9. The number of benzene rings is 1. The Labute approximate surface area is 128 Å². The number of hydrogen-bond donors (Lipinski definition) is 1. The average Bonchev–Trinajstić information content (AvgIpc) is 2.96. The van der Waals surface area contributed by atoms with Crippen molar-refractivity contribution in [1.29, 1.82) is 0 Å². The van der Waals surface area contributed by atoms with Gasteiger partial charge in [-0.3, -0.25) is 0 Å². The van der Waals surface area contributed by atoms with Gasteiger partial charge in [0.2, 0.25) is 15.7 Å². The van der Waals surface area contributed by atoms with E-state index in [2.05, 4.69) is 10.2 Å². The van der Waals surface area contributed by atoms with Crippen LogP contribution in [0.4, 0.5) is 4.39 Å². The molecule has 1 heterocycles. The summed E-state index contributed by atoms with van der Waals surface area (Å²) in [6, 6.07) is 5.25. The number of hydrogen-bond acceptors (Lipinski definition) is 6. The van der Waals surface area contributed by atoms with E-state index in [-0.39, 0.29) is 5.75 Å². The molecule has 8 heteroatoms. The van der Waals surface area contributed by atoms with Gasteiger partial charge in [0.15, 0.2) is 0 Å². The lowest BCUT2D eigenvalue weighted by Gasteiger charge is -2.00. The molecular weight excluding hydrogens is 309 g/mol. The van der Waals surface area contributed by atoms with Gasteiger partial charge in [0.05, 0.1) is 5.75 Å². The molecule has 0 atom stereocenters. The third kappa shape index (κ3) is 4.60. The molecule has 0 amide bonds. The summed E-state index contributed by atoms with van der Waals surface area (Å²) in [7, 11) is -3.72. The van der Waals surface area contributed by atoms with Gasteiger partial charge in [-0.1, -0.05) is 23.7 Å². The lowest BCUT2D eigenvalue weighted by Crippen LogP contribution is -2.05.